The van der Waals surface area contributed by atoms with E-state index in [4.69, 9.17) is 9.72 Å². The number of hydrogen-bond acceptors (Lipinski definition) is 8. The molecule has 1 fully saturated rings. The van der Waals surface area contributed by atoms with E-state index < -0.39 is 16.7 Å². The van der Waals surface area contributed by atoms with Crippen molar-refractivity contribution >= 4 is 45.5 Å². The Morgan fingerprint density at radius 3 is 2.72 bits per heavy atom. The van der Waals surface area contributed by atoms with Crippen LogP contribution in [0.15, 0.2) is 57.2 Å². The second-order valence-corrected chi connectivity index (χ2v) is 9.51. The van der Waals surface area contributed by atoms with Gasteiger partial charge in [-0.05, 0) is 55.5 Å². The minimum atomic E-state index is -2.20. The van der Waals surface area contributed by atoms with Crippen LogP contribution in [-0.2, 0) is 15.3 Å². The highest BCUT2D eigenvalue weighted by Crippen LogP contribution is 2.33. The van der Waals surface area contributed by atoms with E-state index in [0.29, 0.717) is 16.9 Å². The van der Waals surface area contributed by atoms with Gasteiger partial charge >= 0.3 is 6.09 Å². The summed E-state index contributed by atoms with van der Waals surface area (Å²) in [6.45, 7) is 1.86. The Morgan fingerprint density at radius 2 is 2.03 bits per heavy atom. The normalized spacial score (nSPS) is 14.9. The van der Waals surface area contributed by atoms with Gasteiger partial charge in [0.2, 0.25) is 5.95 Å². The average Bonchev–Trinajstić information content (AvgIpc) is 3.49. The van der Waals surface area contributed by atoms with Crippen molar-refractivity contribution < 1.29 is 13.7 Å². The Balaban J connectivity index is 1.52. The average molecular weight is 472 g/mol. The number of carbonyl (C=O) groups is 1. The highest BCUT2D eigenvalue weighted by molar-refractivity contribution is 7.75. The predicted molar refractivity (Wildman–Crippen MR) is 128 cm³/mol. The summed E-state index contributed by atoms with van der Waals surface area (Å²) >= 11 is 1.66. The van der Waals surface area contributed by atoms with Crippen molar-refractivity contribution in [2.45, 2.75) is 43.5 Å². The SMILES string of the molecule is CCOC(=O)/N=[SH](=O)/c1ccc(Nc2ncc(-c3cccs3)c(NC3CCCC3)n2)cc1. The first kappa shape index (κ1) is 22.2. The zero-order valence-corrected chi connectivity index (χ0v) is 19.4. The number of benzene rings is 1. The summed E-state index contributed by atoms with van der Waals surface area (Å²) in [5.74, 6) is 1.30. The quantitative estimate of drug-likeness (QED) is 0.392. The molecule has 2 heterocycles. The van der Waals surface area contributed by atoms with Crippen molar-refractivity contribution in [3.63, 3.8) is 0 Å². The maximum atomic E-state index is 12.2. The minimum absolute atomic E-state index is 0.192. The lowest BCUT2D eigenvalue weighted by molar-refractivity contribution is 0.164. The molecule has 1 aromatic carbocycles. The van der Waals surface area contributed by atoms with Crippen LogP contribution in [0.1, 0.15) is 32.6 Å². The number of aromatic nitrogens is 2. The molecule has 0 spiro atoms. The topological polar surface area (TPSA) is 106 Å². The van der Waals surface area contributed by atoms with Crippen LogP contribution in [0, 0.1) is 0 Å². The van der Waals surface area contributed by atoms with Gasteiger partial charge in [0.25, 0.3) is 0 Å². The first-order chi connectivity index (χ1) is 15.6. The molecule has 1 amide bonds. The number of nitrogens with one attached hydrogen (secondary N) is 2. The fraction of sp³-hybridized carbons (Fsp3) is 0.318. The van der Waals surface area contributed by atoms with Crippen LogP contribution >= 0.6 is 11.3 Å². The molecule has 3 aromatic rings. The number of thiophene rings is 1. The molecule has 0 aliphatic heterocycles. The van der Waals surface area contributed by atoms with E-state index in [1.807, 2.05) is 17.6 Å². The van der Waals surface area contributed by atoms with Gasteiger partial charge in [-0.1, -0.05) is 18.9 Å². The van der Waals surface area contributed by atoms with Gasteiger partial charge in [-0.2, -0.15) is 4.98 Å². The van der Waals surface area contributed by atoms with Gasteiger partial charge < -0.3 is 15.4 Å². The Morgan fingerprint density at radius 1 is 1.25 bits per heavy atom. The van der Waals surface area contributed by atoms with Gasteiger partial charge in [0.1, 0.15) is 5.82 Å². The van der Waals surface area contributed by atoms with Gasteiger partial charge in [-0.3, -0.25) is 0 Å². The second-order valence-electron chi connectivity index (χ2n) is 7.30. The summed E-state index contributed by atoms with van der Waals surface area (Å²) < 4.78 is 20.4. The third-order valence-electron chi connectivity index (χ3n) is 5.06. The molecule has 10 heteroatoms. The van der Waals surface area contributed by atoms with Crippen molar-refractivity contribution in [3.8, 4) is 10.4 Å². The van der Waals surface area contributed by atoms with Gasteiger partial charge in [0.05, 0.1) is 22.8 Å². The molecular formula is C22H25N5O3S2. The number of nitrogens with zero attached hydrogens (tertiary/aromatic N) is 3. The molecule has 0 bridgehead atoms. The molecule has 1 unspecified atom stereocenters. The molecule has 0 saturated heterocycles. The zero-order chi connectivity index (χ0) is 22.3. The van der Waals surface area contributed by atoms with Gasteiger partial charge in [0, 0.05) is 27.7 Å². The molecule has 1 saturated carbocycles. The molecule has 1 aliphatic carbocycles. The van der Waals surface area contributed by atoms with Crippen LogP contribution in [0.4, 0.5) is 22.2 Å². The van der Waals surface area contributed by atoms with E-state index in [-0.39, 0.29) is 6.61 Å². The van der Waals surface area contributed by atoms with Gasteiger partial charge in [0.15, 0.2) is 0 Å². The zero-order valence-electron chi connectivity index (χ0n) is 17.7. The standard InChI is InChI=1S/C22H25N5O3S2/c1-2-30-22(28)27-32(29)17-11-9-16(10-12-17)25-21-23-14-18(19-8-5-13-31-19)20(26-21)24-15-6-3-4-7-15/h5,8-15,32H,2-4,6-7H2,1H3,(H2,23,24,25,26). The van der Waals surface area contributed by atoms with Gasteiger partial charge in [-0.25, -0.2) is 14.0 Å². The van der Waals surface area contributed by atoms with Crippen LogP contribution in [0.5, 0.6) is 0 Å². The first-order valence-corrected chi connectivity index (χ1v) is 12.6. The van der Waals surface area contributed by atoms with E-state index >= 15 is 0 Å². The van der Waals surface area contributed by atoms with E-state index in [9.17, 15) is 9.00 Å². The summed E-state index contributed by atoms with van der Waals surface area (Å²) in [6, 6.07) is 11.3. The summed E-state index contributed by atoms with van der Waals surface area (Å²) in [6.07, 6.45) is 5.78. The number of carbonyl (C=O) groups excluding carboxylic acids is 1. The fourth-order valence-corrected chi connectivity index (χ4v) is 4.98. The van der Waals surface area contributed by atoms with Crippen molar-refractivity contribution in [1.82, 2.24) is 9.97 Å². The first-order valence-electron chi connectivity index (χ1n) is 10.5. The maximum absolute atomic E-state index is 12.2. The van der Waals surface area contributed by atoms with E-state index in [0.717, 1.165) is 34.8 Å². The molecule has 2 N–H and O–H groups in total. The number of anilines is 3. The third-order valence-corrected chi connectivity index (χ3v) is 7.04. The monoisotopic (exact) mass is 471 g/mol. The summed E-state index contributed by atoms with van der Waals surface area (Å²) in [4.78, 5) is 22.2. The Bertz CT molecular complexity index is 1140. The molecule has 1 aliphatic rings. The Labute approximate surface area is 192 Å². The highest BCUT2D eigenvalue weighted by atomic mass is 32.2. The number of hydrogen-bond donors (Lipinski definition) is 3. The van der Waals surface area contributed by atoms with Crippen molar-refractivity contribution in [2.24, 2.45) is 4.36 Å². The molecule has 1 atom stereocenters. The molecular weight excluding hydrogens is 446 g/mol. The largest absolute Gasteiger partial charge is 0.448 e. The number of thiol groups is 1. The smallest absolute Gasteiger partial charge is 0.441 e. The van der Waals surface area contributed by atoms with Crippen molar-refractivity contribution in [3.05, 3.63) is 48.0 Å². The maximum Gasteiger partial charge on any atom is 0.441 e. The highest BCUT2D eigenvalue weighted by Gasteiger charge is 2.18. The predicted octanol–water partition coefficient (Wildman–Crippen LogP) is 5.48. The van der Waals surface area contributed by atoms with Gasteiger partial charge in [-0.15, -0.1) is 15.7 Å². The minimum Gasteiger partial charge on any atom is -0.448 e. The van der Waals surface area contributed by atoms with Crippen LogP contribution in [-0.4, -0.2) is 32.9 Å². The molecule has 8 nitrogen and oxygen atoms in total. The summed E-state index contributed by atoms with van der Waals surface area (Å²) in [7, 11) is -2.20. The van der Waals surface area contributed by atoms with Crippen LogP contribution in [0.2, 0.25) is 0 Å². The van der Waals surface area contributed by atoms with Crippen LogP contribution in [0.25, 0.3) is 10.4 Å². The Hall–Kier alpha value is -2.98. The lowest BCUT2D eigenvalue weighted by atomic mass is 10.2. The molecule has 168 valence electrons. The van der Waals surface area contributed by atoms with Crippen LogP contribution in [0.3, 0.4) is 0 Å². The lowest BCUT2D eigenvalue weighted by Gasteiger charge is -2.16. The summed E-state index contributed by atoms with van der Waals surface area (Å²) in [5, 5.41) is 8.83. The number of rotatable bonds is 7. The number of ether oxygens (including phenoxy) is 1. The molecule has 4 rings (SSSR count). The van der Waals surface area contributed by atoms with E-state index in [2.05, 4.69) is 26.0 Å². The molecule has 32 heavy (non-hydrogen) atoms. The number of amides is 1. The van der Waals surface area contributed by atoms with Crippen molar-refractivity contribution in [1.29, 1.82) is 0 Å². The second kappa shape index (κ2) is 10.6. The van der Waals surface area contributed by atoms with E-state index in [1.54, 1.807) is 42.5 Å². The molecule has 2 aromatic heterocycles. The third kappa shape index (κ3) is 5.63. The van der Waals surface area contributed by atoms with E-state index in [1.165, 1.54) is 12.8 Å². The van der Waals surface area contributed by atoms with Crippen molar-refractivity contribution in [2.75, 3.05) is 17.2 Å². The van der Waals surface area contributed by atoms with Crippen LogP contribution < -0.4 is 10.6 Å². The molecule has 0 radical (unpaired) electrons. The Kier molecular flexibility index (Phi) is 7.33. The lowest BCUT2D eigenvalue weighted by Crippen LogP contribution is -2.17. The summed E-state index contributed by atoms with van der Waals surface area (Å²) in [5.41, 5.74) is 1.73. The fourth-order valence-electron chi connectivity index (χ4n) is 3.51.